The minimum atomic E-state index is -0.455. The molecule has 0 bridgehead atoms. The first-order chi connectivity index (χ1) is 12.6. The summed E-state index contributed by atoms with van der Waals surface area (Å²) in [5.41, 5.74) is 1.64. The summed E-state index contributed by atoms with van der Waals surface area (Å²) in [5.74, 6) is 1.93. The molecule has 0 aliphatic carbocycles. The third-order valence-corrected chi connectivity index (χ3v) is 3.57. The molecule has 0 N–H and O–H groups in total. The second-order valence-electron chi connectivity index (χ2n) is 5.20. The minimum Gasteiger partial charge on any atom is -0.480 e. The van der Waals surface area contributed by atoms with Crippen LogP contribution in [0.2, 0.25) is 0 Å². The zero-order chi connectivity index (χ0) is 19.7. The van der Waals surface area contributed by atoms with Crippen molar-refractivity contribution in [2.24, 2.45) is 0 Å². The zero-order valence-electron chi connectivity index (χ0n) is 16.8. The van der Waals surface area contributed by atoms with Gasteiger partial charge in [-0.3, -0.25) is 0 Å². The van der Waals surface area contributed by atoms with E-state index in [4.69, 9.17) is 14.7 Å². The van der Waals surface area contributed by atoms with Crippen LogP contribution in [0.1, 0.15) is 39.2 Å². The summed E-state index contributed by atoms with van der Waals surface area (Å²) in [5, 5.41) is 9.86. The fourth-order valence-corrected chi connectivity index (χ4v) is 2.63. The van der Waals surface area contributed by atoms with Crippen LogP contribution in [0, 0.1) is 25.2 Å². The number of aromatic nitrogens is 3. The van der Waals surface area contributed by atoms with Gasteiger partial charge in [0.1, 0.15) is 17.0 Å². The molecule has 0 radical (unpaired) electrons. The van der Waals surface area contributed by atoms with Crippen LogP contribution in [-0.4, -0.2) is 47.9 Å². The van der Waals surface area contributed by atoms with Crippen LogP contribution in [0.5, 0.6) is 5.88 Å². The Balaban J connectivity index is 0.000000791. The van der Waals surface area contributed by atoms with Gasteiger partial charge in [0.05, 0.1) is 31.8 Å². The minimum absolute atomic E-state index is 0.455. The average molecular weight is 359 g/mol. The van der Waals surface area contributed by atoms with Crippen molar-refractivity contribution < 1.29 is 9.47 Å². The molecule has 0 saturated carbocycles. The quantitative estimate of drug-likeness (QED) is 0.812. The van der Waals surface area contributed by atoms with Crippen LogP contribution < -0.4 is 9.64 Å². The smallest absolute Gasteiger partial charge is 0.226 e. The van der Waals surface area contributed by atoms with Gasteiger partial charge in [-0.25, -0.2) is 15.0 Å². The highest BCUT2D eigenvalue weighted by molar-refractivity contribution is 5.94. The predicted octanol–water partition coefficient (Wildman–Crippen LogP) is 3.43. The van der Waals surface area contributed by atoms with E-state index in [0.29, 0.717) is 31.4 Å². The molecule has 1 fully saturated rings. The predicted molar refractivity (Wildman–Crippen MR) is 104 cm³/mol. The van der Waals surface area contributed by atoms with Gasteiger partial charge in [-0.2, -0.15) is 5.26 Å². The number of morpholine rings is 1. The molecule has 2 aromatic heterocycles. The van der Waals surface area contributed by atoms with Crippen molar-refractivity contribution in [1.29, 1.82) is 5.26 Å². The number of fused-ring (bicyclic) bond motifs is 1. The largest absolute Gasteiger partial charge is 0.480 e. The summed E-state index contributed by atoms with van der Waals surface area (Å²) in [4.78, 5) is 15.5. The molecule has 3 rings (SSSR count). The molecular weight excluding hydrogens is 330 g/mol. The van der Waals surface area contributed by atoms with Crippen molar-refractivity contribution in [3.05, 3.63) is 17.6 Å². The van der Waals surface area contributed by atoms with Crippen LogP contribution in [0.3, 0.4) is 0 Å². The highest BCUT2D eigenvalue weighted by Crippen LogP contribution is 2.32. The third kappa shape index (κ3) is 4.79. The van der Waals surface area contributed by atoms with E-state index in [1.54, 1.807) is 7.11 Å². The number of anilines is 1. The van der Waals surface area contributed by atoms with Crippen molar-refractivity contribution in [3.63, 3.8) is 0 Å². The number of rotatable bonds is 2. The number of nitrogens with zero attached hydrogens (tertiary/aromatic N) is 5. The summed E-state index contributed by atoms with van der Waals surface area (Å²) in [6.45, 7) is 13.4. The topological polar surface area (TPSA) is 84.2 Å². The summed E-state index contributed by atoms with van der Waals surface area (Å²) >= 11 is 0. The molecule has 7 nitrogen and oxygen atoms in total. The molecule has 26 heavy (non-hydrogen) atoms. The number of nitriles is 1. The molecule has 3 heterocycles. The summed E-state index contributed by atoms with van der Waals surface area (Å²) in [6, 6.07) is 4.06. The number of aryl methyl sites for hydroxylation is 2. The highest BCUT2D eigenvalue weighted by atomic mass is 16.5. The number of hydrogen-bond acceptors (Lipinski definition) is 7. The number of pyridine rings is 1. The Labute approximate surface area is 156 Å². The second-order valence-corrected chi connectivity index (χ2v) is 5.20. The van der Waals surface area contributed by atoms with Crippen molar-refractivity contribution >= 4 is 16.7 Å². The van der Waals surface area contributed by atoms with E-state index in [2.05, 4.69) is 21.0 Å². The summed E-state index contributed by atoms with van der Waals surface area (Å²) in [6.07, 6.45) is -0.455. The lowest BCUT2D eigenvalue weighted by Gasteiger charge is -2.31. The van der Waals surface area contributed by atoms with Gasteiger partial charge in [-0.15, -0.1) is 0 Å². The number of hydrogen-bond donors (Lipinski definition) is 0. The van der Waals surface area contributed by atoms with Crippen LogP contribution in [0.15, 0.2) is 6.07 Å². The number of methoxy groups -OCH3 is 1. The molecule has 0 amide bonds. The van der Waals surface area contributed by atoms with Gasteiger partial charge in [0.2, 0.25) is 5.88 Å². The van der Waals surface area contributed by atoms with Gasteiger partial charge >= 0.3 is 0 Å². The molecule has 1 unspecified atom stereocenters. The Morgan fingerprint density at radius 3 is 2.50 bits per heavy atom. The Bertz CT molecular complexity index is 752. The highest BCUT2D eigenvalue weighted by Gasteiger charge is 2.25. The maximum atomic E-state index is 9.09. The van der Waals surface area contributed by atoms with E-state index >= 15 is 0 Å². The second kappa shape index (κ2) is 10.5. The monoisotopic (exact) mass is 359 g/mol. The standard InChI is InChI=1S/C15H17N5O2.2C2H6/c1-9-6-12-13(15(17-9)21-3)14(19-10(2)18-12)20-4-5-22-11(7-16)8-20;2*1-2/h6,11H,4-5,8H2,1-3H3;2*1-2H3. The van der Waals surface area contributed by atoms with E-state index in [-0.39, 0.29) is 0 Å². The van der Waals surface area contributed by atoms with E-state index in [1.807, 2.05) is 52.5 Å². The average Bonchev–Trinajstić information content (AvgIpc) is 2.69. The van der Waals surface area contributed by atoms with Gasteiger partial charge < -0.3 is 14.4 Å². The first-order valence-electron chi connectivity index (χ1n) is 9.08. The molecule has 1 aliphatic heterocycles. The SMILES string of the molecule is CC.CC.COc1nc(C)cc2nc(C)nc(N3CCOC(C#N)C3)c12. The summed E-state index contributed by atoms with van der Waals surface area (Å²) in [7, 11) is 1.59. The molecule has 7 heteroatoms. The maximum Gasteiger partial charge on any atom is 0.226 e. The van der Waals surface area contributed by atoms with E-state index < -0.39 is 6.10 Å². The van der Waals surface area contributed by atoms with Crippen LogP contribution in [-0.2, 0) is 4.74 Å². The van der Waals surface area contributed by atoms with Crippen molar-refractivity contribution in [3.8, 4) is 11.9 Å². The lowest BCUT2D eigenvalue weighted by atomic mass is 10.2. The van der Waals surface area contributed by atoms with Gasteiger partial charge in [0.15, 0.2) is 6.10 Å². The molecule has 0 spiro atoms. The van der Waals surface area contributed by atoms with Gasteiger partial charge in [0, 0.05) is 12.2 Å². The fourth-order valence-electron chi connectivity index (χ4n) is 2.63. The lowest BCUT2D eigenvalue weighted by molar-refractivity contribution is 0.0762. The Morgan fingerprint density at radius 1 is 1.19 bits per heavy atom. The Hall–Kier alpha value is -2.46. The lowest BCUT2D eigenvalue weighted by Crippen LogP contribution is -2.42. The third-order valence-electron chi connectivity index (χ3n) is 3.57. The van der Waals surface area contributed by atoms with Crippen LogP contribution in [0.4, 0.5) is 5.82 Å². The van der Waals surface area contributed by atoms with E-state index in [1.165, 1.54) is 0 Å². The first-order valence-corrected chi connectivity index (χ1v) is 9.08. The van der Waals surface area contributed by atoms with Gasteiger partial charge in [0.25, 0.3) is 0 Å². The Morgan fingerprint density at radius 2 is 1.88 bits per heavy atom. The zero-order valence-corrected chi connectivity index (χ0v) is 16.8. The molecule has 0 aromatic carbocycles. The van der Waals surface area contributed by atoms with Crippen LogP contribution in [0.25, 0.3) is 10.9 Å². The van der Waals surface area contributed by atoms with Gasteiger partial charge in [-0.1, -0.05) is 27.7 Å². The molecule has 2 aromatic rings. The van der Waals surface area contributed by atoms with Crippen LogP contribution >= 0.6 is 0 Å². The van der Waals surface area contributed by atoms with Crippen molar-refractivity contribution in [2.45, 2.75) is 47.6 Å². The van der Waals surface area contributed by atoms with E-state index in [0.717, 1.165) is 22.4 Å². The molecule has 142 valence electrons. The van der Waals surface area contributed by atoms with E-state index in [9.17, 15) is 0 Å². The number of ether oxygens (including phenoxy) is 2. The molecule has 1 atom stereocenters. The first kappa shape index (κ1) is 21.6. The molecule has 1 saturated heterocycles. The van der Waals surface area contributed by atoms with Crippen molar-refractivity contribution in [2.75, 3.05) is 31.7 Å². The normalized spacial score (nSPS) is 15.9. The van der Waals surface area contributed by atoms with Crippen molar-refractivity contribution in [1.82, 2.24) is 15.0 Å². The molecule has 1 aliphatic rings. The maximum absolute atomic E-state index is 9.09. The van der Waals surface area contributed by atoms with Gasteiger partial charge in [-0.05, 0) is 19.9 Å². The fraction of sp³-hybridized carbons (Fsp3) is 0.579. The Kier molecular flexibility index (Phi) is 8.73. The molecular formula is C19H29N5O2. The summed E-state index contributed by atoms with van der Waals surface area (Å²) < 4.78 is 10.8.